The maximum absolute atomic E-state index is 11.8. The molecule has 1 aliphatic heterocycles. The van der Waals surface area contributed by atoms with Crippen LogP contribution in [-0.4, -0.2) is 45.0 Å². The van der Waals surface area contributed by atoms with Gasteiger partial charge in [0.25, 0.3) is 0 Å². The smallest absolute Gasteiger partial charge is 0.308 e. The van der Waals surface area contributed by atoms with Gasteiger partial charge < -0.3 is 9.84 Å². The zero-order chi connectivity index (χ0) is 13.9. The van der Waals surface area contributed by atoms with E-state index in [1.54, 1.807) is 0 Å². The number of carbonyl (C=O) groups is 1. The summed E-state index contributed by atoms with van der Waals surface area (Å²) >= 11 is 0. The van der Waals surface area contributed by atoms with Crippen LogP contribution in [-0.2, 0) is 19.6 Å². The van der Waals surface area contributed by atoms with Gasteiger partial charge in [-0.1, -0.05) is 0 Å². The quantitative estimate of drug-likeness (QED) is 0.710. The average Bonchev–Trinajstić information content (AvgIpc) is 3.13. The number of hydrogen-bond acceptors (Lipinski definition) is 4. The molecule has 1 saturated heterocycles. The van der Waals surface area contributed by atoms with Crippen molar-refractivity contribution in [3.63, 3.8) is 0 Å². The highest BCUT2D eigenvalue weighted by Crippen LogP contribution is 2.30. The van der Waals surface area contributed by atoms with Gasteiger partial charge in [-0.3, -0.25) is 4.79 Å². The van der Waals surface area contributed by atoms with E-state index in [1.165, 1.54) is 0 Å². The Labute approximate surface area is 113 Å². The molecular weight excluding hydrogens is 270 g/mol. The predicted molar refractivity (Wildman–Crippen MR) is 69.2 cm³/mol. The second-order valence-corrected chi connectivity index (χ2v) is 7.32. The lowest BCUT2D eigenvalue weighted by Gasteiger charge is -2.27. The summed E-state index contributed by atoms with van der Waals surface area (Å²) in [4.78, 5) is 11.3. The van der Waals surface area contributed by atoms with Crippen LogP contribution in [0.5, 0.6) is 0 Å². The van der Waals surface area contributed by atoms with Gasteiger partial charge >= 0.3 is 5.97 Å². The lowest BCUT2D eigenvalue weighted by atomic mass is 9.86. The zero-order valence-electron chi connectivity index (χ0n) is 10.9. The van der Waals surface area contributed by atoms with Gasteiger partial charge in [0.1, 0.15) is 0 Å². The van der Waals surface area contributed by atoms with E-state index in [0.717, 1.165) is 12.8 Å². The molecule has 2 N–H and O–H groups in total. The topological polar surface area (TPSA) is 92.7 Å². The number of hydrogen-bond donors (Lipinski definition) is 2. The monoisotopic (exact) mass is 291 g/mol. The van der Waals surface area contributed by atoms with E-state index in [4.69, 9.17) is 4.74 Å². The van der Waals surface area contributed by atoms with Crippen LogP contribution in [0.25, 0.3) is 0 Å². The molecule has 0 aromatic rings. The van der Waals surface area contributed by atoms with E-state index >= 15 is 0 Å². The fourth-order valence-electron chi connectivity index (χ4n) is 2.44. The molecule has 1 unspecified atom stereocenters. The number of sulfonamides is 1. The van der Waals surface area contributed by atoms with E-state index in [0.29, 0.717) is 26.1 Å². The molecule has 1 saturated carbocycles. The third-order valence-corrected chi connectivity index (χ3v) is 5.34. The number of carboxylic acids is 1. The summed E-state index contributed by atoms with van der Waals surface area (Å²) in [5, 5.41) is 9.24. The van der Waals surface area contributed by atoms with Gasteiger partial charge in [0.15, 0.2) is 0 Å². The molecule has 110 valence electrons. The van der Waals surface area contributed by atoms with E-state index in [-0.39, 0.29) is 24.1 Å². The van der Waals surface area contributed by atoms with Crippen LogP contribution in [0.3, 0.4) is 0 Å². The third kappa shape index (κ3) is 4.74. The number of nitrogens with one attached hydrogen (secondary N) is 1. The summed E-state index contributed by atoms with van der Waals surface area (Å²) in [6, 6.07) is 0. The van der Waals surface area contributed by atoms with Crippen LogP contribution in [0.1, 0.15) is 25.7 Å². The fourth-order valence-corrected chi connectivity index (χ4v) is 3.95. The van der Waals surface area contributed by atoms with Crippen molar-refractivity contribution in [1.82, 2.24) is 4.72 Å². The predicted octanol–water partition coefficient (Wildman–Crippen LogP) is 0.443. The molecule has 0 spiro atoms. The van der Waals surface area contributed by atoms with Gasteiger partial charge in [0, 0.05) is 19.8 Å². The van der Waals surface area contributed by atoms with Crippen molar-refractivity contribution in [3.8, 4) is 0 Å². The van der Waals surface area contributed by atoms with Crippen molar-refractivity contribution >= 4 is 16.0 Å². The Bertz CT molecular complexity index is 412. The molecule has 2 fully saturated rings. The molecular formula is C12H21NO5S. The van der Waals surface area contributed by atoms with Gasteiger partial charge in [-0.05, 0) is 37.5 Å². The highest BCUT2D eigenvalue weighted by atomic mass is 32.2. The molecule has 1 heterocycles. The van der Waals surface area contributed by atoms with Gasteiger partial charge in [-0.2, -0.15) is 0 Å². The minimum absolute atomic E-state index is 0.00475. The lowest BCUT2D eigenvalue weighted by Crippen LogP contribution is -2.39. The normalized spacial score (nSPS) is 23.2. The van der Waals surface area contributed by atoms with Crippen molar-refractivity contribution in [3.05, 3.63) is 0 Å². The first kappa shape index (κ1) is 14.7. The van der Waals surface area contributed by atoms with Crippen molar-refractivity contribution in [1.29, 1.82) is 0 Å². The third-order valence-electron chi connectivity index (χ3n) is 3.83. The minimum atomic E-state index is -3.33. The molecule has 19 heavy (non-hydrogen) atoms. The summed E-state index contributed by atoms with van der Waals surface area (Å²) in [5.41, 5.74) is 0. The molecule has 0 radical (unpaired) electrons. The van der Waals surface area contributed by atoms with E-state index in [1.807, 2.05) is 0 Å². The van der Waals surface area contributed by atoms with Crippen LogP contribution in [0, 0.1) is 17.8 Å². The van der Waals surface area contributed by atoms with Gasteiger partial charge in [-0.15, -0.1) is 0 Å². The Hall–Kier alpha value is -0.660. The molecule has 7 heteroatoms. The lowest BCUT2D eigenvalue weighted by molar-refractivity contribution is -0.144. The summed E-state index contributed by atoms with van der Waals surface area (Å²) in [6.45, 7) is 1.11. The molecule has 2 aliphatic rings. The second kappa shape index (κ2) is 6.19. The Morgan fingerprint density at radius 3 is 2.42 bits per heavy atom. The fraction of sp³-hybridized carbons (Fsp3) is 0.917. The SMILES string of the molecule is O=C(O)C(CNS(=O)(=O)CC1CC1)C1CCOCC1. The molecule has 1 atom stereocenters. The van der Waals surface area contributed by atoms with Crippen LogP contribution < -0.4 is 4.72 Å². The van der Waals surface area contributed by atoms with Crippen molar-refractivity contribution in [2.75, 3.05) is 25.5 Å². The van der Waals surface area contributed by atoms with Crippen LogP contribution in [0.4, 0.5) is 0 Å². The van der Waals surface area contributed by atoms with Crippen molar-refractivity contribution < 1.29 is 23.1 Å². The number of carboxylic acid groups (broad SMARTS) is 1. The molecule has 0 bridgehead atoms. The molecule has 6 nitrogen and oxygen atoms in total. The summed E-state index contributed by atoms with van der Waals surface area (Å²) in [6.07, 6.45) is 3.29. The van der Waals surface area contributed by atoms with E-state index in [9.17, 15) is 18.3 Å². The molecule has 0 aromatic heterocycles. The zero-order valence-corrected chi connectivity index (χ0v) is 11.7. The minimum Gasteiger partial charge on any atom is -0.481 e. The second-order valence-electron chi connectivity index (χ2n) is 5.47. The van der Waals surface area contributed by atoms with Crippen LogP contribution in [0.2, 0.25) is 0 Å². The standard InChI is InChI=1S/C12H21NO5S/c14-12(15)11(10-3-5-18-6-4-10)7-13-19(16,17)8-9-1-2-9/h9-11,13H,1-8H2,(H,14,15). The summed E-state index contributed by atoms with van der Waals surface area (Å²) < 4.78 is 31.2. The van der Waals surface area contributed by atoms with Crippen LogP contribution >= 0.6 is 0 Å². The molecule has 2 rings (SSSR count). The van der Waals surface area contributed by atoms with Crippen LogP contribution in [0.15, 0.2) is 0 Å². The highest BCUT2D eigenvalue weighted by molar-refractivity contribution is 7.89. The Morgan fingerprint density at radius 2 is 1.89 bits per heavy atom. The highest BCUT2D eigenvalue weighted by Gasteiger charge is 2.32. The maximum atomic E-state index is 11.8. The first-order valence-electron chi connectivity index (χ1n) is 6.76. The van der Waals surface area contributed by atoms with E-state index < -0.39 is 21.9 Å². The molecule has 1 aliphatic carbocycles. The van der Waals surface area contributed by atoms with E-state index in [2.05, 4.69) is 4.72 Å². The molecule has 0 aromatic carbocycles. The van der Waals surface area contributed by atoms with Crippen molar-refractivity contribution in [2.45, 2.75) is 25.7 Å². The number of ether oxygens (including phenoxy) is 1. The Morgan fingerprint density at radius 1 is 1.26 bits per heavy atom. The summed E-state index contributed by atoms with van der Waals surface area (Å²) in [5.74, 6) is -1.19. The maximum Gasteiger partial charge on any atom is 0.308 e. The Balaban J connectivity index is 1.87. The van der Waals surface area contributed by atoms with Gasteiger partial charge in [0.05, 0.1) is 11.7 Å². The first-order valence-corrected chi connectivity index (χ1v) is 8.41. The van der Waals surface area contributed by atoms with Crippen molar-refractivity contribution in [2.24, 2.45) is 17.8 Å². The molecule has 0 amide bonds. The average molecular weight is 291 g/mol. The number of rotatable bonds is 7. The van der Waals surface area contributed by atoms with Gasteiger partial charge in [0.2, 0.25) is 10.0 Å². The first-order chi connectivity index (χ1) is 8.98. The largest absolute Gasteiger partial charge is 0.481 e. The number of aliphatic carboxylic acids is 1. The summed E-state index contributed by atoms with van der Waals surface area (Å²) in [7, 11) is -3.33. The Kier molecular flexibility index (Phi) is 4.81. The van der Waals surface area contributed by atoms with Gasteiger partial charge in [-0.25, -0.2) is 13.1 Å².